The van der Waals surface area contributed by atoms with Crippen LogP contribution < -0.4 is 4.74 Å². The fraction of sp³-hybridized carbons (Fsp3) is 0.391. The van der Waals surface area contributed by atoms with Gasteiger partial charge in [-0.1, -0.05) is 42.5 Å². The van der Waals surface area contributed by atoms with E-state index in [1.165, 1.54) is 11.1 Å². The molecular formula is C23H29N5OS. The second-order valence-corrected chi connectivity index (χ2v) is 8.15. The quantitative estimate of drug-likeness (QED) is 0.544. The molecule has 1 fully saturated rings. The third kappa shape index (κ3) is 4.98. The monoisotopic (exact) mass is 423 g/mol. The van der Waals surface area contributed by atoms with Crippen molar-refractivity contribution in [2.24, 2.45) is 0 Å². The van der Waals surface area contributed by atoms with Crippen molar-refractivity contribution in [2.75, 3.05) is 33.3 Å². The van der Waals surface area contributed by atoms with Crippen LogP contribution in [0.5, 0.6) is 5.75 Å². The standard InChI is InChI=1S/C23H29N5OS/c1-19-24-28(23(30)27(19)17-20-6-4-3-5-7-20)18-26-14-12-25(13-15-26)16-21-8-10-22(29-2)11-9-21/h3-11H,12-18H2,1-2H3. The Hall–Kier alpha value is -2.48. The first-order valence-electron chi connectivity index (χ1n) is 10.4. The highest BCUT2D eigenvalue weighted by Crippen LogP contribution is 2.15. The van der Waals surface area contributed by atoms with Crippen LogP contribution in [0.3, 0.4) is 0 Å². The Morgan fingerprint density at radius 3 is 2.17 bits per heavy atom. The summed E-state index contributed by atoms with van der Waals surface area (Å²) in [5.74, 6) is 1.87. The lowest BCUT2D eigenvalue weighted by atomic mass is 10.2. The van der Waals surface area contributed by atoms with Gasteiger partial charge in [-0.2, -0.15) is 5.10 Å². The molecular weight excluding hydrogens is 394 g/mol. The van der Waals surface area contributed by atoms with Gasteiger partial charge in [0.1, 0.15) is 11.6 Å². The Kier molecular flexibility index (Phi) is 6.62. The van der Waals surface area contributed by atoms with E-state index in [0.717, 1.165) is 62.3 Å². The van der Waals surface area contributed by atoms with E-state index >= 15 is 0 Å². The molecule has 1 aromatic heterocycles. The molecule has 4 rings (SSSR count). The lowest BCUT2D eigenvalue weighted by Gasteiger charge is -2.34. The topological polar surface area (TPSA) is 38.5 Å². The van der Waals surface area contributed by atoms with Gasteiger partial charge in [0.25, 0.3) is 0 Å². The Labute approximate surface area is 183 Å². The summed E-state index contributed by atoms with van der Waals surface area (Å²) < 4.78 is 10.1. The van der Waals surface area contributed by atoms with Crippen LogP contribution in [-0.4, -0.2) is 57.4 Å². The molecule has 2 aromatic carbocycles. The highest BCUT2D eigenvalue weighted by atomic mass is 32.1. The lowest BCUT2D eigenvalue weighted by Crippen LogP contribution is -2.46. The van der Waals surface area contributed by atoms with Crippen LogP contribution in [0.1, 0.15) is 17.0 Å². The summed E-state index contributed by atoms with van der Waals surface area (Å²) in [6.07, 6.45) is 0. The first-order valence-corrected chi connectivity index (χ1v) is 10.8. The SMILES string of the molecule is COc1ccc(CN2CCN(Cn3nc(C)n(Cc4ccccc4)c3=S)CC2)cc1. The zero-order chi connectivity index (χ0) is 20.9. The predicted molar refractivity (Wildman–Crippen MR) is 121 cm³/mol. The third-order valence-electron chi connectivity index (χ3n) is 5.66. The maximum atomic E-state index is 5.73. The van der Waals surface area contributed by atoms with Crippen LogP contribution >= 0.6 is 12.2 Å². The van der Waals surface area contributed by atoms with Crippen molar-refractivity contribution < 1.29 is 4.74 Å². The van der Waals surface area contributed by atoms with Gasteiger partial charge in [0, 0.05) is 32.7 Å². The van der Waals surface area contributed by atoms with E-state index in [4.69, 9.17) is 22.1 Å². The smallest absolute Gasteiger partial charge is 0.199 e. The largest absolute Gasteiger partial charge is 0.497 e. The number of rotatable bonds is 7. The molecule has 0 atom stereocenters. The molecule has 30 heavy (non-hydrogen) atoms. The van der Waals surface area contributed by atoms with Gasteiger partial charge in [-0.05, 0) is 42.4 Å². The number of methoxy groups -OCH3 is 1. The zero-order valence-electron chi connectivity index (χ0n) is 17.7. The molecule has 0 saturated carbocycles. The van der Waals surface area contributed by atoms with Crippen LogP contribution in [0.2, 0.25) is 0 Å². The molecule has 0 N–H and O–H groups in total. The fourth-order valence-electron chi connectivity index (χ4n) is 3.86. The zero-order valence-corrected chi connectivity index (χ0v) is 18.5. The van der Waals surface area contributed by atoms with Gasteiger partial charge in [0.15, 0.2) is 4.77 Å². The van der Waals surface area contributed by atoms with Gasteiger partial charge in [0.05, 0.1) is 20.3 Å². The Bertz CT molecular complexity index is 1000. The number of aryl methyl sites for hydroxylation is 1. The van der Waals surface area contributed by atoms with Gasteiger partial charge in [0.2, 0.25) is 0 Å². The Balaban J connectivity index is 1.32. The molecule has 0 radical (unpaired) electrons. The summed E-state index contributed by atoms with van der Waals surface area (Å²) >= 11 is 5.73. The third-order valence-corrected chi connectivity index (χ3v) is 6.09. The van der Waals surface area contributed by atoms with Crippen LogP contribution in [0.4, 0.5) is 0 Å². The second-order valence-electron chi connectivity index (χ2n) is 7.78. The number of nitrogens with zero attached hydrogens (tertiary/aromatic N) is 5. The van der Waals surface area contributed by atoms with Crippen molar-refractivity contribution in [1.82, 2.24) is 24.1 Å². The fourth-order valence-corrected chi connectivity index (χ4v) is 4.15. The maximum absolute atomic E-state index is 5.73. The molecule has 0 aliphatic carbocycles. The van der Waals surface area contributed by atoms with Crippen molar-refractivity contribution in [1.29, 1.82) is 0 Å². The van der Waals surface area contributed by atoms with Crippen LogP contribution in [0, 0.1) is 11.7 Å². The van der Waals surface area contributed by atoms with Crippen LogP contribution in [0.15, 0.2) is 54.6 Å². The van der Waals surface area contributed by atoms with Gasteiger partial charge in [-0.15, -0.1) is 0 Å². The summed E-state index contributed by atoms with van der Waals surface area (Å²) in [6.45, 7) is 8.64. The molecule has 3 aromatic rings. The molecule has 0 unspecified atom stereocenters. The number of aromatic nitrogens is 3. The first kappa shape index (κ1) is 20.8. The van der Waals surface area contributed by atoms with Gasteiger partial charge < -0.3 is 4.74 Å². The van der Waals surface area contributed by atoms with Crippen molar-refractivity contribution in [3.8, 4) is 5.75 Å². The molecule has 6 nitrogen and oxygen atoms in total. The Morgan fingerprint density at radius 2 is 1.50 bits per heavy atom. The minimum absolute atomic E-state index is 0.748. The molecule has 1 aliphatic rings. The molecule has 0 bridgehead atoms. The van der Waals surface area contributed by atoms with Crippen molar-refractivity contribution in [3.63, 3.8) is 0 Å². The molecule has 2 heterocycles. The second kappa shape index (κ2) is 9.55. The van der Waals surface area contributed by atoms with Crippen LogP contribution in [0.25, 0.3) is 0 Å². The summed E-state index contributed by atoms with van der Waals surface area (Å²) in [5.41, 5.74) is 2.56. The Morgan fingerprint density at radius 1 is 0.867 bits per heavy atom. The average molecular weight is 424 g/mol. The van der Waals surface area contributed by atoms with E-state index in [1.807, 2.05) is 29.8 Å². The summed E-state index contributed by atoms with van der Waals surface area (Å²) in [5, 5.41) is 4.71. The number of hydrogen-bond acceptors (Lipinski definition) is 5. The van der Waals surface area contributed by atoms with Crippen molar-refractivity contribution in [3.05, 3.63) is 76.3 Å². The predicted octanol–water partition coefficient (Wildman–Crippen LogP) is 3.55. The lowest BCUT2D eigenvalue weighted by molar-refractivity contribution is 0.0979. The highest BCUT2D eigenvalue weighted by Gasteiger charge is 2.18. The van der Waals surface area contributed by atoms with Crippen molar-refractivity contribution in [2.45, 2.75) is 26.7 Å². The molecule has 0 spiro atoms. The summed E-state index contributed by atoms with van der Waals surface area (Å²) in [4.78, 5) is 4.93. The van der Waals surface area contributed by atoms with E-state index in [9.17, 15) is 0 Å². The van der Waals surface area contributed by atoms with E-state index in [-0.39, 0.29) is 0 Å². The number of piperazine rings is 1. The summed E-state index contributed by atoms with van der Waals surface area (Å²) in [7, 11) is 1.70. The van der Waals surface area contributed by atoms with Gasteiger partial charge in [-0.3, -0.25) is 14.4 Å². The van der Waals surface area contributed by atoms with E-state index in [2.05, 4.69) is 50.8 Å². The van der Waals surface area contributed by atoms with E-state index in [0.29, 0.717) is 0 Å². The summed E-state index contributed by atoms with van der Waals surface area (Å²) in [6, 6.07) is 18.8. The van der Waals surface area contributed by atoms with Gasteiger partial charge >= 0.3 is 0 Å². The first-order chi connectivity index (χ1) is 14.6. The normalized spacial score (nSPS) is 15.4. The number of ether oxygens (including phenoxy) is 1. The minimum Gasteiger partial charge on any atom is -0.497 e. The molecule has 158 valence electrons. The molecule has 1 aliphatic heterocycles. The average Bonchev–Trinajstić information content (AvgIpc) is 3.04. The highest BCUT2D eigenvalue weighted by molar-refractivity contribution is 7.71. The van der Waals surface area contributed by atoms with E-state index in [1.54, 1.807) is 7.11 Å². The maximum Gasteiger partial charge on any atom is 0.199 e. The minimum atomic E-state index is 0.748. The molecule has 7 heteroatoms. The molecule has 1 saturated heterocycles. The van der Waals surface area contributed by atoms with Gasteiger partial charge in [-0.25, -0.2) is 4.68 Å². The number of benzene rings is 2. The van der Waals surface area contributed by atoms with E-state index < -0.39 is 0 Å². The van der Waals surface area contributed by atoms with Crippen molar-refractivity contribution >= 4 is 12.2 Å². The van der Waals surface area contributed by atoms with Crippen LogP contribution in [-0.2, 0) is 19.8 Å². The number of hydrogen-bond donors (Lipinski definition) is 0. The molecule has 0 amide bonds.